The van der Waals surface area contributed by atoms with Crippen molar-refractivity contribution in [2.45, 2.75) is 32.1 Å². The predicted octanol–water partition coefficient (Wildman–Crippen LogP) is 0.146. The summed E-state index contributed by atoms with van der Waals surface area (Å²) in [6, 6.07) is 0. The molecule has 2 rings (SSSR count). The maximum Gasteiger partial charge on any atom is 0.150 e. The summed E-state index contributed by atoms with van der Waals surface area (Å²) in [4.78, 5) is 0. The van der Waals surface area contributed by atoms with Gasteiger partial charge in [-0.3, -0.25) is 5.32 Å². The van der Waals surface area contributed by atoms with Gasteiger partial charge in [-0.15, -0.1) is 0 Å². The zero-order valence-corrected chi connectivity index (χ0v) is 9.43. The molecule has 3 unspecified atom stereocenters. The first kappa shape index (κ1) is 10.4. The fourth-order valence-electron chi connectivity index (χ4n) is 2.32. The van der Waals surface area contributed by atoms with Gasteiger partial charge in [-0.25, -0.2) is 8.42 Å². The summed E-state index contributed by atoms with van der Waals surface area (Å²) in [5, 5.41) is 3.28. The Labute approximate surface area is 84.9 Å². The molecule has 2 saturated heterocycles. The molecule has 2 heterocycles. The SMILES string of the molecule is CC1CNC(C)(C2CCS(=O)(=O)C2)O1. The Morgan fingerprint density at radius 3 is 2.64 bits per heavy atom. The highest BCUT2D eigenvalue weighted by Gasteiger charge is 2.45. The molecular formula is C9H17NO3S. The summed E-state index contributed by atoms with van der Waals surface area (Å²) in [5.74, 6) is 0.688. The second-order valence-electron chi connectivity index (χ2n) is 4.52. The van der Waals surface area contributed by atoms with Gasteiger partial charge in [-0.05, 0) is 20.3 Å². The van der Waals surface area contributed by atoms with Crippen LogP contribution in [0.2, 0.25) is 0 Å². The summed E-state index contributed by atoms with van der Waals surface area (Å²) in [7, 11) is -2.81. The quantitative estimate of drug-likeness (QED) is 0.682. The Morgan fingerprint density at radius 1 is 1.50 bits per heavy atom. The number of hydrogen-bond acceptors (Lipinski definition) is 4. The first-order valence-corrected chi connectivity index (χ1v) is 6.87. The number of rotatable bonds is 1. The van der Waals surface area contributed by atoms with Gasteiger partial charge in [0.2, 0.25) is 0 Å². The molecule has 0 aromatic carbocycles. The lowest BCUT2D eigenvalue weighted by molar-refractivity contribution is -0.0646. The van der Waals surface area contributed by atoms with E-state index in [4.69, 9.17) is 4.74 Å². The summed E-state index contributed by atoms with van der Waals surface area (Å²) in [6.07, 6.45) is 0.904. The Morgan fingerprint density at radius 2 is 2.21 bits per heavy atom. The van der Waals surface area contributed by atoms with Crippen LogP contribution in [-0.2, 0) is 14.6 Å². The van der Waals surface area contributed by atoms with Gasteiger partial charge in [0.25, 0.3) is 0 Å². The highest BCUT2D eigenvalue weighted by Crippen LogP contribution is 2.33. The van der Waals surface area contributed by atoms with Crippen molar-refractivity contribution in [3.63, 3.8) is 0 Å². The van der Waals surface area contributed by atoms with Gasteiger partial charge in [0.05, 0.1) is 17.6 Å². The van der Waals surface area contributed by atoms with Gasteiger partial charge in [-0.1, -0.05) is 0 Å². The minimum absolute atomic E-state index is 0.109. The molecule has 0 amide bonds. The monoisotopic (exact) mass is 219 g/mol. The van der Waals surface area contributed by atoms with Gasteiger partial charge in [0.15, 0.2) is 9.84 Å². The number of hydrogen-bond donors (Lipinski definition) is 1. The fourth-order valence-corrected chi connectivity index (χ4v) is 4.23. The molecule has 0 saturated carbocycles. The molecule has 0 aromatic rings. The van der Waals surface area contributed by atoms with Crippen LogP contribution in [0.5, 0.6) is 0 Å². The second kappa shape index (κ2) is 3.18. The van der Waals surface area contributed by atoms with E-state index in [2.05, 4.69) is 5.32 Å². The average Bonchev–Trinajstić information content (AvgIpc) is 2.57. The largest absolute Gasteiger partial charge is 0.356 e. The third kappa shape index (κ3) is 1.81. The Balaban J connectivity index is 2.10. The van der Waals surface area contributed by atoms with E-state index in [0.717, 1.165) is 13.0 Å². The van der Waals surface area contributed by atoms with E-state index in [1.165, 1.54) is 0 Å². The van der Waals surface area contributed by atoms with Crippen molar-refractivity contribution in [2.24, 2.45) is 5.92 Å². The van der Waals surface area contributed by atoms with Crippen molar-refractivity contribution in [3.05, 3.63) is 0 Å². The molecule has 2 aliphatic heterocycles. The summed E-state index contributed by atoms with van der Waals surface area (Å²) in [6.45, 7) is 4.77. The lowest BCUT2D eigenvalue weighted by atomic mass is 9.97. The topological polar surface area (TPSA) is 55.4 Å². The highest BCUT2D eigenvalue weighted by atomic mass is 32.2. The first-order chi connectivity index (χ1) is 6.41. The molecule has 4 nitrogen and oxygen atoms in total. The summed E-state index contributed by atoms with van der Waals surface area (Å²) < 4.78 is 28.4. The smallest absolute Gasteiger partial charge is 0.150 e. The van der Waals surface area contributed by atoms with E-state index in [1.54, 1.807) is 0 Å². The van der Waals surface area contributed by atoms with E-state index in [9.17, 15) is 8.42 Å². The van der Waals surface area contributed by atoms with Crippen LogP contribution >= 0.6 is 0 Å². The van der Waals surface area contributed by atoms with Crippen molar-refractivity contribution in [2.75, 3.05) is 18.1 Å². The standard InChI is InChI=1S/C9H17NO3S/c1-7-5-10-9(2,13-7)8-3-4-14(11,12)6-8/h7-8,10H,3-6H2,1-2H3. The first-order valence-electron chi connectivity index (χ1n) is 5.04. The minimum Gasteiger partial charge on any atom is -0.356 e. The maximum absolute atomic E-state index is 11.3. The molecule has 0 radical (unpaired) electrons. The molecular weight excluding hydrogens is 202 g/mol. The number of sulfone groups is 1. The van der Waals surface area contributed by atoms with E-state index in [0.29, 0.717) is 5.75 Å². The van der Waals surface area contributed by atoms with Crippen molar-refractivity contribution in [1.29, 1.82) is 0 Å². The zero-order valence-electron chi connectivity index (χ0n) is 8.62. The van der Waals surface area contributed by atoms with Crippen LogP contribution in [0, 0.1) is 5.92 Å². The molecule has 0 aromatic heterocycles. The molecule has 14 heavy (non-hydrogen) atoms. The van der Waals surface area contributed by atoms with Crippen LogP contribution in [0.3, 0.4) is 0 Å². The van der Waals surface area contributed by atoms with Gasteiger partial charge in [-0.2, -0.15) is 0 Å². The molecule has 2 fully saturated rings. The highest BCUT2D eigenvalue weighted by molar-refractivity contribution is 7.91. The molecule has 82 valence electrons. The number of ether oxygens (including phenoxy) is 1. The molecule has 0 aliphatic carbocycles. The molecule has 5 heteroatoms. The molecule has 1 N–H and O–H groups in total. The summed E-state index contributed by atoms with van der Waals surface area (Å²) in [5.41, 5.74) is -0.428. The van der Waals surface area contributed by atoms with Crippen molar-refractivity contribution in [3.8, 4) is 0 Å². The van der Waals surface area contributed by atoms with Gasteiger partial charge >= 0.3 is 0 Å². The van der Waals surface area contributed by atoms with E-state index in [1.807, 2.05) is 13.8 Å². The average molecular weight is 219 g/mol. The minimum atomic E-state index is -2.81. The van der Waals surface area contributed by atoms with Crippen molar-refractivity contribution >= 4 is 9.84 Å². The Hall–Kier alpha value is -0.130. The fraction of sp³-hybridized carbons (Fsp3) is 1.00. The molecule has 0 bridgehead atoms. The van der Waals surface area contributed by atoms with Crippen LogP contribution in [0.1, 0.15) is 20.3 Å². The van der Waals surface area contributed by atoms with Crippen LogP contribution in [-0.4, -0.2) is 38.3 Å². The van der Waals surface area contributed by atoms with E-state index >= 15 is 0 Å². The third-order valence-electron chi connectivity index (χ3n) is 3.20. The third-order valence-corrected chi connectivity index (χ3v) is 4.97. The van der Waals surface area contributed by atoms with Crippen molar-refractivity contribution in [1.82, 2.24) is 5.32 Å². The van der Waals surface area contributed by atoms with Crippen molar-refractivity contribution < 1.29 is 13.2 Å². The Bertz CT molecular complexity index is 327. The maximum atomic E-state index is 11.3. The summed E-state index contributed by atoms with van der Waals surface area (Å²) >= 11 is 0. The van der Waals surface area contributed by atoms with E-state index < -0.39 is 15.6 Å². The van der Waals surface area contributed by atoms with Crippen LogP contribution in [0.15, 0.2) is 0 Å². The lowest BCUT2D eigenvalue weighted by Crippen LogP contribution is -2.45. The van der Waals surface area contributed by atoms with Crippen LogP contribution < -0.4 is 5.32 Å². The van der Waals surface area contributed by atoms with E-state index in [-0.39, 0.29) is 17.8 Å². The van der Waals surface area contributed by atoms with Gasteiger partial charge in [0, 0.05) is 12.5 Å². The molecule has 3 atom stereocenters. The zero-order chi connectivity index (χ0) is 10.4. The van der Waals surface area contributed by atoms with Gasteiger partial charge < -0.3 is 4.74 Å². The van der Waals surface area contributed by atoms with Gasteiger partial charge in [0.1, 0.15) is 5.72 Å². The number of nitrogens with one attached hydrogen (secondary N) is 1. The Kier molecular flexibility index (Phi) is 2.36. The van der Waals surface area contributed by atoms with Crippen LogP contribution in [0.25, 0.3) is 0 Å². The molecule has 2 aliphatic rings. The molecule has 0 spiro atoms. The predicted molar refractivity (Wildman–Crippen MR) is 53.7 cm³/mol. The second-order valence-corrected chi connectivity index (χ2v) is 6.75. The lowest BCUT2D eigenvalue weighted by Gasteiger charge is -2.30. The van der Waals surface area contributed by atoms with Crippen LogP contribution in [0.4, 0.5) is 0 Å². The normalized spacial score (nSPS) is 47.0.